The van der Waals surface area contributed by atoms with E-state index in [4.69, 9.17) is 5.26 Å². The predicted molar refractivity (Wildman–Crippen MR) is 90.1 cm³/mol. The minimum Gasteiger partial charge on any atom is -0.244 e. The van der Waals surface area contributed by atoms with Gasteiger partial charge in [-0.2, -0.15) is 23.7 Å². The largest absolute Gasteiger partial charge is 0.417 e. The molecule has 4 saturated carbocycles. The van der Waals surface area contributed by atoms with E-state index in [2.05, 4.69) is 4.98 Å². The highest BCUT2D eigenvalue weighted by molar-refractivity contribution is 7.99. The average Bonchev–Trinajstić information content (AvgIpc) is 2.57. The third-order valence-electron chi connectivity index (χ3n) is 6.26. The maximum absolute atomic E-state index is 13.6. The summed E-state index contributed by atoms with van der Waals surface area (Å²) in [6.45, 7) is 0. The Morgan fingerprint density at radius 2 is 1.69 bits per heavy atom. The quantitative estimate of drug-likeness (QED) is 0.691. The fourth-order valence-corrected chi connectivity index (χ4v) is 6.42. The van der Waals surface area contributed by atoms with Crippen LogP contribution in [0.25, 0.3) is 0 Å². The van der Waals surface area contributed by atoms with Gasteiger partial charge in [-0.25, -0.2) is 4.98 Å². The molecule has 1 aromatic rings. The van der Waals surface area contributed by atoms with Gasteiger partial charge >= 0.3 is 6.18 Å². The molecule has 0 N–H and O–H groups in total. The fraction of sp³-hybridized carbons (Fsp3) is 0.632. The highest BCUT2D eigenvalue weighted by Crippen LogP contribution is 2.60. The molecule has 0 saturated heterocycles. The second kappa shape index (κ2) is 6.16. The van der Waals surface area contributed by atoms with Crippen LogP contribution >= 0.6 is 11.8 Å². The Balaban J connectivity index is 1.84. The van der Waals surface area contributed by atoms with E-state index < -0.39 is 17.3 Å². The van der Waals surface area contributed by atoms with E-state index in [1.807, 2.05) is 6.07 Å². The molecule has 0 aliphatic heterocycles. The summed E-state index contributed by atoms with van der Waals surface area (Å²) in [5.74, 6) is 1.73. The zero-order valence-corrected chi connectivity index (χ0v) is 15.0. The van der Waals surface area contributed by atoms with Gasteiger partial charge < -0.3 is 0 Å². The first-order chi connectivity index (χ1) is 12.3. The van der Waals surface area contributed by atoms with Crippen LogP contribution in [0.5, 0.6) is 0 Å². The molecule has 0 radical (unpaired) electrons. The van der Waals surface area contributed by atoms with Gasteiger partial charge in [0.05, 0.1) is 22.9 Å². The van der Waals surface area contributed by atoms with Crippen molar-refractivity contribution in [1.82, 2.24) is 4.98 Å². The summed E-state index contributed by atoms with van der Waals surface area (Å²) < 4.78 is 40.9. The first kappa shape index (κ1) is 17.7. The maximum Gasteiger partial charge on any atom is 0.417 e. The molecule has 0 amide bonds. The Kier molecular flexibility index (Phi) is 4.19. The van der Waals surface area contributed by atoms with Crippen LogP contribution in [0.1, 0.15) is 55.3 Å². The number of hydrogen-bond donors (Lipinski definition) is 0. The number of thioether (sulfide) groups is 1. The summed E-state index contributed by atoms with van der Waals surface area (Å²) in [6, 6.07) is 4.71. The third kappa shape index (κ3) is 2.87. The molecule has 4 aliphatic carbocycles. The van der Waals surface area contributed by atoms with E-state index >= 15 is 0 Å². The molecule has 4 aliphatic rings. The van der Waals surface area contributed by atoms with E-state index in [9.17, 15) is 18.4 Å². The molecular weight excluding hydrogens is 359 g/mol. The van der Waals surface area contributed by atoms with Crippen LogP contribution in [-0.2, 0) is 11.6 Å². The average molecular weight is 377 g/mol. The lowest BCUT2D eigenvalue weighted by Gasteiger charge is -2.56. The molecule has 1 aromatic heterocycles. The standard InChI is InChI=1S/C19H18F3N3S/c20-19(21,22)15-6-16(25-17(14(15)10-24)26-2-1-23)18-7-11-3-12(8-18)5-13(4-11)9-18/h6,11-13H,2-5,7-9H2. The van der Waals surface area contributed by atoms with E-state index in [1.165, 1.54) is 19.3 Å². The summed E-state index contributed by atoms with van der Waals surface area (Å²) in [6.07, 6.45) is 1.67. The number of aromatic nitrogens is 1. The smallest absolute Gasteiger partial charge is 0.244 e. The molecule has 136 valence electrons. The minimum absolute atomic E-state index is 0.0245. The van der Waals surface area contributed by atoms with Gasteiger partial charge in [-0.15, -0.1) is 0 Å². The van der Waals surface area contributed by atoms with Crippen molar-refractivity contribution in [1.29, 1.82) is 10.5 Å². The predicted octanol–water partition coefficient (Wildman–Crippen LogP) is 5.06. The number of halogens is 3. The summed E-state index contributed by atoms with van der Waals surface area (Å²) in [4.78, 5) is 4.53. The summed E-state index contributed by atoms with van der Waals surface area (Å²) in [5.41, 5.74) is -1.15. The van der Waals surface area contributed by atoms with E-state index in [1.54, 1.807) is 6.07 Å². The number of nitrogens with zero attached hydrogens (tertiary/aromatic N) is 3. The molecule has 0 unspecified atom stereocenters. The van der Waals surface area contributed by atoms with Gasteiger partial charge in [0.15, 0.2) is 0 Å². The number of hydrogen-bond acceptors (Lipinski definition) is 4. The molecule has 4 fully saturated rings. The molecule has 4 bridgehead atoms. The van der Waals surface area contributed by atoms with Gasteiger partial charge in [-0.3, -0.25) is 0 Å². The van der Waals surface area contributed by atoms with Gasteiger partial charge in [-0.05, 0) is 62.3 Å². The molecule has 0 spiro atoms. The minimum atomic E-state index is -4.60. The SMILES string of the molecule is N#CCSc1nc(C23CC4CC(CC(C4)C2)C3)cc(C(F)(F)F)c1C#N. The van der Waals surface area contributed by atoms with Gasteiger partial charge in [0.2, 0.25) is 0 Å². The van der Waals surface area contributed by atoms with Crippen LogP contribution in [0.15, 0.2) is 11.1 Å². The molecule has 3 nitrogen and oxygen atoms in total. The van der Waals surface area contributed by atoms with Gasteiger partial charge in [-0.1, -0.05) is 11.8 Å². The second-order valence-electron chi connectivity index (χ2n) is 7.99. The molecule has 26 heavy (non-hydrogen) atoms. The summed E-state index contributed by atoms with van der Waals surface area (Å²) in [7, 11) is 0. The first-order valence-corrected chi connectivity index (χ1v) is 9.86. The second-order valence-corrected chi connectivity index (χ2v) is 8.95. The number of alkyl halides is 3. The fourth-order valence-electron chi connectivity index (χ4n) is 5.75. The van der Waals surface area contributed by atoms with Crippen molar-refractivity contribution in [3.63, 3.8) is 0 Å². The molecule has 7 heteroatoms. The lowest BCUT2D eigenvalue weighted by molar-refractivity contribution is -0.138. The van der Waals surface area contributed by atoms with Crippen LogP contribution in [0.3, 0.4) is 0 Å². The molecule has 5 rings (SSSR count). The topological polar surface area (TPSA) is 60.5 Å². The zero-order chi connectivity index (χ0) is 18.5. The van der Waals surface area contributed by atoms with Crippen molar-refractivity contribution < 1.29 is 13.2 Å². The van der Waals surface area contributed by atoms with E-state index in [-0.39, 0.29) is 16.2 Å². The van der Waals surface area contributed by atoms with Crippen molar-refractivity contribution in [3.05, 3.63) is 22.9 Å². The summed E-state index contributed by atoms with van der Waals surface area (Å²) >= 11 is 0.925. The van der Waals surface area contributed by atoms with Gasteiger partial charge in [0, 0.05) is 11.1 Å². The summed E-state index contributed by atoms with van der Waals surface area (Å²) in [5, 5.41) is 18.2. The number of nitriles is 2. The lowest BCUT2D eigenvalue weighted by atomic mass is 9.48. The first-order valence-electron chi connectivity index (χ1n) is 8.87. The highest BCUT2D eigenvalue weighted by Gasteiger charge is 2.53. The van der Waals surface area contributed by atoms with Crippen LogP contribution in [0.4, 0.5) is 13.2 Å². The Morgan fingerprint density at radius 1 is 1.12 bits per heavy atom. The Hall–Kier alpha value is -1.73. The van der Waals surface area contributed by atoms with Crippen LogP contribution in [0.2, 0.25) is 0 Å². The maximum atomic E-state index is 13.6. The third-order valence-corrected chi connectivity index (χ3v) is 7.10. The van der Waals surface area contributed by atoms with Crippen LogP contribution < -0.4 is 0 Å². The van der Waals surface area contributed by atoms with Crippen molar-refractivity contribution in [2.24, 2.45) is 17.8 Å². The van der Waals surface area contributed by atoms with Crippen molar-refractivity contribution in [2.45, 2.75) is 55.1 Å². The number of pyridine rings is 1. The highest BCUT2D eigenvalue weighted by atomic mass is 32.2. The zero-order valence-electron chi connectivity index (χ0n) is 14.1. The molecule has 0 aromatic carbocycles. The van der Waals surface area contributed by atoms with Gasteiger partial charge in [0.25, 0.3) is 0 Å². The molecule has 1 heterocycles. The van der Waals surface area contributed by atoms with E-state index in [0.29, 0.717) is 23.4 Å². The lowest BCUT2D eigenvalue weighted by Crippen LogP contribution is -2.49. The number of rotatable bonds is 3. The van der Waals surface area contributed by atoms with Crippen LogP contribution in [-0.4, -0.2) is 10.7 Å². The Morgan fingerprint density at radius 3 is 2.15 bits per heavy atom. The molecular formula is C19H18F3N3S. The van der Waals surface area contributed by atoms with Crippen molar-refractivity contribution >= 4 is 11.8 Å². The van der Waals surface area contributed by atoms with Crippen LogP contribution in [0, 0.1) is 40.4 Å². The van der Waals surface area contributed by atoms with Crippen molar-refractivity contribution in [2.75, 3.05) is 5.75 Å². The normalized spacial score (nSPS) is 32.3. The molecule has 0 atom stereocenters. The van der Waals surface area contributed by atoms with E-state index in [0.717, 1.165) is 37.1 Å². The van der Waals surface area contributed by atoms with Gasteiger partial charge in [0.1, 0.15) is 11.1 Å². The Labute approximate surface area is 154 Å². The Bertz CT molecular complexity index is 784. The van der Waals surface area contributed by atoms with Crippen molar-refractivity contribution in [3.8, 4) is 12.1 Å². The monoisotopic (exact) mass is 377 g/mol.